The van der Waals surface area contributed by atoms with Gasteiger partial charge in [-0.3, -0.25) is 9.59 Å². The summed E-state index contributed by atoms with van der Waals surface area (Å²) >= 11 is 0. The lowest BCUT2D eigenvalue weighted by Gasteiger charge is -2.61. The molecule has 5 heteroatoms. The summed E-state index contributed by atoms with van der Waals surface area (Å²) in [6.45, 7) is 9.88. The van der Waals surface area contributed by atoms with E-state index in [1.165, 1.54) is 6.92 Å². The summed E-state index contributed by atoms with van der Waals surface area (Å²) in [4.78, 5) is 24.8. The van der Waals surface area contributed by atoms with Crippen LogP contribution in [0.4, 0.5) is 0 Å². The van der Waals surface area contributed by atoms with E-state index in [0.717, 1.165) is 44.9 Å². The van der Waals surface area contributed by atoms with Crippen molar-refractivity contribution in [1.82, 2.24) is 0 Å². The molecule has 1 spiro atoms. The maximum atomic E-state index is 12.9. The molecule has 0 bridgehead atoms. The first-order valence-electron chi connectivity index (χ1n) is 11.5. The fraction of sp³-hybridized carbons (Fsp3) is 0.917. The second kappa shape index (κ2) is 5.64. The molecule has 1 saturated heterocycles. The van der Waals surface area contributed by atoms with Crippen LogP contribution in [-0.4, -0.2) is 39.8 Å². The van der Waals surface area contributed by atoms with Gasteiger partial charge in [-0.25, -0.2) is 0 Å². The topological polar surface area (TPSA) is 76.1 Å². The first-order chi connectivity index (χ1) is 13.4. The van der Waals surface area contributed by atoms with Gasteiger partial charge in [-0.15, -0.1) is 0 Å². The number of epoxide rings is 1. The smallest absolute Gasteiger partial charge is 0.303 e. The number of rotatable bonds is 2. The largest absolute Gasteiger partial charge is 0.451 e. The molecule has 0 radical (unpaired) electrons. The quantitative estimate of drug-likeness (QED) is 0.560. The zero-order chi connectivity index (χ0) is 21.0. The summed E-state index contributed by atoms with van der Waals surface area (Å²) < 4.78 is 12.4. The molecule has 0 amide bonds. The molecule has 1 aliphatic heterocycles. The highest BCUT2D eigenvalue weighted by Crippen LogP contribution is 2.78. The minimum atomic E-state index is -0.974. The number of fused-ring (bicyclic) bond motifs is 4. The Morgan fingerprint density at radius 3 is 2.21 bits per heavy atom. The zero-order valence-corrected chi connectivity index (χ0v) is 18.5. The molecule has 5 nitrogen and oxygen atoms in total. The van der Waals surface area contributed by atoms with Crippen molar-refractivity contribution in [2.45, 2.75) is 109 Å². The van der Waals surface area contributed by atoms with Gasteiger partial charge in [-0.05, 0) is 76.5 Å². The average Bonchev–Trinajstić information content (AvgIpc) is 3.09. The van der Waals surface area contributed by atoms with Crippen molar-refractivity contribution in [3.63, 3.8) is 0 Å². The van der Waals surface area contributed by atoms with Crippen LogP contribution in [0.1, 0.15) is 86.0 Å². The molecule has 1 heterocycles. The van der Waals surface area contributed by atoms with Gasteiger partial charge >= 0.3 is 5.97 Å². The molecule has 9 atom stereocenters. The summed E-state index contributed by atoms with van der Waals surface area (Å²) in [6, 6.07) is 0. The van der Waals surface area contributed by atoms with Crippen LogP contribution < -0.4 is 0 Å². The molecule has 0 unspecified atom stereocenters. The van der Waals surface area contributed by atoms with E-state index >= 15 is 0 Å². The van der Waals surface area contributed by atoms with Crippen molar-refractivity contribution in [2.75, 3.05) is 0 Å². The van der Waals surface area contributed by atoms with Crippen molar-refractivity contribution in [3.05, 3.63) is 0 Å². The molecule has 5 rings (SSSR count). The average molecular weight is 405 g/mol. The Morgan fingerprint density at radius 1 is 0.931 bits per heavy atom. The first-order valence-corrected chi connectivity index (χ1v) is 11.5. The van der Waals surface area contributed by atoms with Crippen molar-refractivity contribution in [3.8, 4) is 0 Å². The van der Waals surface area contributed by atoms with Crippen LogP contribution in [0.15, 0.2) is 0 Å². The Kier molecular flexibility index (Phi) is 3.89. The molecule has 5 aliphatic rings. The lowest BCUT2D eigenvalue weighted by molar-refractivity contribution is -0.191. The van der Waals surface area contributed by atoms with Crippen molar-refractivity contribution >= 4 is 11.8 Å². The molecular weight excluding hydrogens is 368 g/mol. The molecule has 0 aromatic heterocycles. The Hall–Kier alpha value is -0.940. The molecule has 4 aliphatic carbocycles. The molecule has 4 saturated carbocycles. The number of carbonyl (C=O) groups excluding carboxylic acids is 2. The van der Waals surface area contributed by atoms with Crippen LogP contribution >= 0.6 is 0 Å². The number of esters is 1. The Balaban J connectivity index is 1.54. The van der Waals surface area contributed by atoms with Gasteiger partial charge in [-0.1, -0.05) is 13.8 Å². The van der Waals surface area contributed by atoms with E-state index in [0.29, 0.717) is 24.2 Å². The number of carbonyl (C=O) groups is 2. The van der Waals surface area contributed by atoms with Gasteiger partial charge in [0.1, 0.15) is 5.60 Å². The number of Topliss-reactive ketones (excluding diaryl/α,β-unsaturated/α-hetero) is 1. The lowest BCUT2D eigenvalue weighted by atomic mass is 9.42. The standard InChI is InChI=1S/C24H36O5/c1-14(25)23(28-15(2)26)11-8-18-17-13-22(5)24(29-22)12-16(27)6-9-21(24,4)19(17)7-10-20(18,23)3/h16-19,27H,6-13H2,1-5H3/t16-,17+,18-,19+,20+,21-,22+,23+,24+/m1/s1. The predicted molar refractivity (Wildman–Crippen MR) is 107 cm³/mol. The van der Waals surface area contributed by atoms with Crippen LogP contribution in [-0.2, 0) is 19.1 Å². The highest BCUT2D eigenvalue weighted by molar-refractivity contribution is 5.89. The summed E-state index contributed by atoms with van der Waals surface area (Å²) in [5, 5.41) is 10.4. The van der Waals surface area contributed by atoms with Crippen molar-refractivity contribution in [2.24, 2.45) is 28.6 Å². The number of aliphatic hydroxyl groups is 1. The minimum Gasteiger partial charge on any atom is -0.451 e. The Labute approximate surface area is 173 Å². The highest BCUT2D eigenvalue weighted by atomic mass is 16.6. The molecule has 0 aromatic rings. The molecular formula is C24H36O5. The normalized spacial score (nSPS) is 57.7. The van der Waals surface area contributed by atoms with Crippen LogP contribution in [0.3, 0.4) is 0 Å². The fourth-order valence-corrected chi connectivity index (χ4v) is 9.24. The van der Waals surface area contributed by atoms with E-state index in [-0.39, 0.29) is 39.9 Å². The third kappa shape index (κ3) is 2.14. The number of hydrogen-bond donors (Lipinski definition) is 1. The molecule has 162 valence electrons. The minimum absolute atomic E-state index is 0.00203. The fourth-order valence-electron chi connectivity index (χ4n) is 9.24. The van der Waals surface area contributed by atoms with Gasteiger partial charge in [0.2, 0.25) is 0 Å². The van der Waals surface area contributed by atoms with Crippen LogP contribution in [0.5, 0.6) is 0 Å². The maximum Gasteiger partial charge on any atom is 0.303 e. The number of aliphatic hydroxyl groups excluding tert-OH is 1. The van der Waals surface area contributed by atoms with Gasteiger partial charge in [0.05, 0.1) is 11.7 Å². The van der Waals surface area contributed by atoms with Gasteiger partial charge in [0.25, 0.3) is 0 Å². The van der Waals surface area contributed by atoms with Gasteiger partial charge in [-0.2, -0.15) is 0 Å². The third-order valence-corrected chi connectivity index (χ3v) is 10.5. The van der Waals surface area contributed by atoms with Gasteiger partial charge in [0, 0.05) is 24.2 Å². The number of ether oxygens (including phenoxy) is 2. The van der Waals surface area contributed by atoms with Crippen molar-refractivity contribution in [1.29, 1.82) is 0 Å². The monoisotopic (exact) mass is 404 g/mol. The molecule has 29 heavy (non-hydrogen) atoms. The number of ketones is 1. The Bertz CT molecular complexity index is 779. The van der Waals surface area contributed by atoms with E-state index in [9.17, 15) is 14.7 Å². The van der Waals surface area contributed by atoms with Crippen LogP contribution in [0.25, 0.3) is 0 Å². The third-order valence-electron chi connectivity index (χ3n) is 10.5. The SMILES string of the molecule is CC(=O)O[C@]1(C(C)=O)CC[C@@H]2[C@@H]3C[C@]4(C)O[C@]45C[C@H](O)CC[C@]5(C)[C@H]3CC[C@@]21C. The van der Waals surface area contributed by atoms with E-state index < -0.39 is 5.60 Å². The molecule has 1 N–H and O–H groups in total. The number of hydrogen-bond acceptors (Lipinski definition) is 5. The van der Waals surface area contributed by atoms with E-state index in [1.54, 1.807) is 6.92 Å². The highest BCUT2D eigenvalue weighted by Gasteiger charge is 2.82. The second-order valence-electron chi connectivity index (χ2n) is 11.5. The van der Waals surface area contributed by atoms with E-state index in [2.05, 4.69) is 20.8 Å². The summed E-state index contributed by atoms with van der Waals surface area (Å²) in [6.07, 6.45) is 6.90. The van der Waals surface area contributed by atoms with Gasteiger partial charge in [0.15, 0.2) is 11.4 Å². The van der Waals surface area contributed by atoms with E-state index in [4.69, 9.17) is 9.47 Å². The first kappa shape index (κ1) is 20.0. The summed E-state index contributed by atoms with van der Waals surface area (Å²) in [7, 11) is 0. The van der Waals surface area contributed by atoms with E-state index in [1.807, 2.05) is 0 Å². The summed E-state index contributed by atoms with van der Waals surface area (Å²) in [5.41, 5.74) is -1.56. The second-order valence-corrected chi connectivity index (χ2v) is 11.5. The van der Waals surface area contributed by atoms with Crippen LogP contribution in [0.2, 0.25) is 0 Å². The van der Waals surface area contributed by atoms with Crippen molar-refractivity contribution < 1.29 is 24.2 Å². The molecule has 5 fully saturated rings. The summed E-state index contributed by atoms with van der Waals surface area (Å²) in [5.74, 6) is 1.04. The maximum absolute atomic E-state index is 12.9. The zero-order valence-electron chi connectivity index (χ0n) is 18.5. The lowest BCUT2D eigenvalue weighted by Crippen LogP contribution is -2.63. The van der Waals surface area contributed by atoms with Gasteiger partial charge < -0.3 is 14.6 Å². The van der Waals surface area contributed by atoms with Crippen LogP contribution in [0, 0.1) is 28.6 Å². The molecule has 0 aromatic carbocycles. The predicted octanol–water partition coefficient (Wildman–Crippen LogP) is 3.80. The Morgan fingerprint density at radius 2 is 1.55 bits per heavy atom.